The molecule has 3 aromatic rings. The van der Waals surface area contributed by atoms with Gasteiger partial charge in [0.05, 0.1) is 11.4 Å². The molecular weight excluding hydrogens is 421 g/mol. The number of esters is 1. The summed E-state index contributed by atoms with van der Waals surface area (Å²) in [6.45, 7) is 5.41. The third kappa shape index (κ3) is 5.30. The number of hydrogen-bond acceptors (Lipinski definition) is 4. The number of rotatable bonds is 7. The van der Waals surface area contributed by atoms with Gasteiger partial charge in [0.2, 0.25) is 0 Å². The smallest absolute Gasteiger partial charge is 0.343 e. The van der Waals surface area contributed by atoms with Crippen LogP contribution in [0.4, 0.5) is 4.39 Å². The first-order chi connectivity index (χ1) is 14.8. The van der Waals surface area contributed by atoms with Crippen molar-refractivity contribution in [2.24, 2.45) is 0 Å². The number of halogens is 2. The molecule has 0 bridgehead atoms. The fraction of sp³-hybridized carbons (Fsp3) is 0.261. The first kappa shape index (κ1) is 22.5. The van der Waals surface area contributed by atoms with Gasteiger partial charge in [-0.15, -0.1) is 0 Å². The van der Waals surface area contributed by atoms with Crippen molar-refractivity contribution >= 4 is 23.5 Å². The van der Waals surface area contributed by atoms with Crippen LogP contribution in [-0.4, -0.2) is 39.2 Å². The van der Waals surface area contributed by atoms with Crippen molar-refractivity contribution in [3.63, 3.8) is 0 Å². The summed E-state index contributed by atoms with van der Waals surface area (Å²) < 4.78 is 19.8. The van der Waals surface area contributed by atoms with E-state index in [4.69, 9.17) is 16.3 Å². The Bertz CT molecular complexity index is 1070. The van der Waals surface area contributed by atoms with Crippen molar-refractivity contribution in [3.05, 3.63) is 82.4 Å². The maximum Gasteiger partial charge on any atom is 0.343 e. The average Bonchev–Trinajstić information content (AvgIpc) is 3.05. The highest BCUT2D eigenvalue weighted by molar-refractivity contribution is 6.33. The van der Waals surface area contributed by atoms with Crippen LogP contribution in [0.5, 0.6) is 0 Å². The number of aryl methyl sites for hydroxylation is 1. The molecule has 0 N–H and O–H groups in total. The van der Waals surface area contributed by atoms with E-state index < -0.39 is 18.4 Å². The number of carbonyl (C=O) groups is 2. The lowest BCUT2D eigenvalue weighted by atomic mass is 10.2. The quantitative estimate of drug-likeness (QED) is 0.502. The Kier molecular flexibility index (Phi) is 7.07. The molecule has 0 radical (unpaired) electrons. The van der Waals surface area contributed by atoms with Crippen LogP contribution in [0.3, 0.4) is 0 Å². The summed E-state index contributed by atoms with van der Waals surface area (Å²) in [6, 6.07) is 15.0. The molecule has 0 saturated carbocycles. The van der Waals surface area contributed by atoms with E-state index in [1.165, 1.54) is 28.9 Å². The Labute approximate surface area is 185 Å². The second-order valence-electron chi connectivity index (χ2n) is 7.32. The fourth-order valence-corrected chi connectivity index (χ4v) is 3.45. The number of aromatic nitrogens is 2. The molecule has 1 aromatic heterocycles. The highest BCUT2D eigenvalue weighted by Gasteiger charge is 2.25. The lowest BCUT2D eigenvalue weighted by molar-refractivity contribution is -0.136. The average molecular weight is 444 g/mol. The molecule has 0 spiro atoms. The first-order valence-electron chi connectivity index (χ1n) is 9.79. The Balaban J connectivity index is 1.71. The van der Waals surface area contributed by atoms with Crippen molar-refractivity contribution < 1.29 is 18.7 Å². The molecule has 3 rings (SSSR count). The highest BCUT2D eigenvalue weighted by atomic mass is 35.5. The zero-order chi connectivity index (χ0) is 22.5. The molecule has 0 saturated heterocycles. The Morgan fingerprint density at radius 3 is 2.39 bits per heavy atom. The van der Waals surface area contributed by atoms with Gasteiger partial charge in [0.25, 0.3) is 5.91 Å². The van der Waals surface area contributed by atoms with Crippen molar-refractivity contribution in [1.82, 2.24) is 14.7 Å². The molecule has 0 atom stereocenters. The van der Waals surface area contributed by atoms with Gasteiger partial charge in [0, 0.05) is 12.6 Å². The molecule has 8 heteroatoms. The highest BCUT2D eigenvalue weighted by Crippen LogP contribution is 2.24. The Hall–Kier alpha value is -3.19. The lowest BCUT2D eigenvalue weighted by Gasteiger charge is -2.26. The molecular formula is C23H23ClFN3O3. The van der Waals surface area contributed by atoms with E-state index in [9.17, 15) is 14.0 Å². The third-order valence-electron chi connectivity index (χ3n) is 4.75. The molecule has 0 fully saturated rings. The van der Waals surface area contributed by atoms with E-state index >= 15 is 0 Å². The summed E-state index contributed by atoms with van der Waals surface area (Å²) in [4.78, 5) is 27.0. The summed E-state index contributed by atoms with van der Waals surface area (Å²) in [7, 11) is 0. The molecule has 162 valence electrons. The van der Waals surface area contributed by atoms with E-state index in [2.05, 4.69) is 5.10 Å². The van der Waals surface area contributed by atoms with Crippen molar-refractivity contribution in [1.29, 1.82) is 0 Å². The number of ether oxygens (including phenoxy) is 1. The van der Waals surface area contributed by atoms with Crippen molar-refractivity contribution in [3.8, 4) is 5.69 Å². The zero-order valence-corrected chi connectivity index (χ0v) is 18.3. The van der Waals surface area contributed by atoms with Crippen LogP contribution < -0.4 is 0 Å². The van der Waals surface area contributed by atoms with Crippen LogP contribution in [0.1, 0.15) is 35.5 Å². The van der Waals surface area contributed by atoms with Gasteiger partial charge in [-0.25, -0.2) is 13.9 Å². The number of nitrogens with zero attached hydrogens (tertiary/aromatic N) is 3. The van der Waals surface area contributed by atoms with Gasteiger partial charge in [-0.05, 0) is 50.6 Å². The van der Waals surface area contributed by atoms with Gasteiger partial charge in [-0.2, -0.15) is 5.10 Å². The summed E-state index contributed by atoms with van der Waals surface area (Å²) in [5.74, 6) is -1.45. The molecule has 0 aliphatic rings. The third-order valence-corrected chi connectivity index (χ3v) is 5.09. The zero-order valence-electron chi connectivity index (χ0n) is 17.5. The minimum atomic E-state index is -0.743. The lowest BCUT2D eigenvalue weighted by Crippen LogP contribution is -2.39. The van der Waals surface area contributed by atoms with Gasteiger partial charge in [-0.3, -0.25) is 4.79 Å². The van der Waals surface area contributed by atoms with Crippen LogP contribution in [0.2, 0.25) is 5.15 Å². The number of amides is 1. The first-order valence-corrected chi connectivity index (χ1v) is 10.2. The van der Waals surface area contributed by atoms with Gasteiger partial charge in [0.15, 0.2) is 6.61 Å². The summed E-state index contributed by atoms with van der Waals surface area (Å²) in [5, 5.41) is 4.28. The molecule has 31 heavy (non-hydrogen) atoms. The van der Waals surface area contributed by atoms with E-state index in [0.29, 0.717) is 17.9 Å². The van der Waals surface area contributed by atoms with Crippen molar-refractivity contribution in [2.75, 3.05) is 6.61 Å². The van der Waals surface area contributed by atoms with Crippen LogP contribution in [0, 0.1) is 12.7 Å². The maximum atomic E-state index is 13.2. The largest absolute Gasteiger partial charge is 0.452 e. The number of hydrogen-bond donors (Lipinski definition) is 0. The predicted molar refractivity (Wildman–Crippen MR) is 116 cm³/mol. The summed E-state index contributed by atoms with van der Waals surface area (Å²) in [5.41, 5.74) is 1.89. The number of benzene rings is 2. The summed E-state index contributed by atoms with van der Waals surface area (Å²) >= 11 is 6.34. The topological polar surface area (TPSA) is 64.4 Å². The van der Waals surface area contributed by atoms with Gasteiger partial charge >= 0.3 is 5.97 Å². The fourth-order valence-electron chi connectivity index (χ4n) is 3.11. The molecule has 0 aliphatic carbocycles. The Morgan fingerprint density at radius 1 is 1.13 bits per heavy atom. The molecule has 1 amide bonds. The molecule has 6 nitrogen and oxygen atoms in total. The van der Waals surface area contributed by atoms with Crippen LogP contribution in [0.15, 0.2) is 54.6 Å². The minimum absolute atomic E-state index is 0.0339. The SMILES string of the molecule is Cc1nn(-c2ccc(F)cc2)c(Cl)c1C(=O)OCC(=O)N(Cc1ccccc1)C(C)C. The molecule has 0 aliphatic heterocycles. The van der Waals surface area contributed by atoms with Crippen molar-refractivity contribution in [2.45, 2.75) is 33.4 Å². The second kappa shape index (κ2) is 9.75. The Morgan fingerprint density at radius 2 is 1.77 bits per heavy atom. The maximum absolute atomic E-state index is 13.2. The van der Waals surface area contributed by atoms with E-state index in [0.717, 1.165) is 5.56 Å². The van der Waals surface area contributed by atoms with E-state index in [1.807, 2.05) is 44.2 Å². The van der Waals surface area contributed by atoms with Gasteiger partial charge < -0.3 is 9.64 Å². The summed E-state index contributed by atoms with van der Waals surface area (Å²) in [6.07, 6.45) is 0. The van der Waals surface area contributed by atoms with E-state index in [-0.39, 0.29) is 22.7 Å². The second-order valence-corrected chi connectivity index (χ2v) is 7.67. The molecule has 0 unspecified atom stereocenters. The molecule has 1 heterocycles. The minimum Gasteiger partial charge on any atom is -0.452 e. The van der Waals surface area contributed by atoms with Gasteiger partial charge in [0.1, 0.15) is 16.5 Å². The predicted octanol–water partition coefficient (Wildman–Crippen LogP) is 4.57. The molecule has 2 aromatic carbocycles. The van der Waals surface area contributed by atoms with Crippen LogP contribution in [0.25, 0.3) is 5.69 Å². The standard InChI is InChI=1S/C23H23ClFN3O3/c1-15(2)27(13-17-7-5-4-6-8-17)20(29)14-31-23(30)21-16(3)26-28(22(21)24)19-11-9-18(25)10-12-19/h4-12,15H,13-14H2,1-3H3. The monoisotopic (exact) mass is 443 g/mol. The van der Waals surface area contributed by atoms with E-state index in [1.54, 1.807) is 11.8 Å². The normalized spacial score (nSPS) is 10.9. The van der Waals surface area contributed by atoms with Crippen LogP contribution >= 0.6 is 11.6 Å². The van der Waals surface area contributed by atoms with Crippen LogP contribution in [-0.2, 0) is 16.1 Å². The van der Waals surface area contributed by atoms with Gasteiger partial charge in [-0.1, -0.05) is 41.9 Å². The number of carbonyl (C=O) groups excluding carboxylic acids is 2.